The van der Waals surface area contributed by atoms with E-state index in [0.717, 1.165) is 9.99 Å². The van der Waals surface area contributed by atoms with Crippen molar-refractivity contribution < 1.29 is 9.53 Å². The van der Waals surface area contributed by atoms with Crippen molar-refractivity contribution in [3.8, 4) is 0 Å². The van der Waals surface area contributed by atoms with Gasteiger partial charge in [0, 0.05) is 10.7 Å². The van der Waals surface area contributed by atoms with Gasteiger partial charge in [0.05, 0.1) is 12.6 Å². The topological polar surface area (TPSA) is 43.6 Å². The highest BCUT2D eigenvalue weighted by molar-refractivity contribution is 9.10. The molecule has 0 aliphatic carbocycles. The molecule has 2 heterocycles. The maximum Gasteiger partial charge on any atom is 0.356 e. The third-order valence-electron chi connectivity index (χ3n) is 1.85. The Hall–Kier alpha value is -1.36. The molecule has 0 unspecified atom stereocenters. The van der Waals surface area contributed by atoms with Gasteiger partial charge in [-0.25, -0.2) is 9.78 Å². The Kier molecular flexibility index (Phi) is 2.25. The molecule has 5 heteroatoms. The number of hydrogen-bond donors (Lipinski definition) is 0. The van der Waals surface area contributed by atoms with Gasteiger partial charge in [0.1, 0.15) is 6.33 Å². The van der Waals surface area contributed by atoms with Crippen LogP contribution in [-0.2, 0) is 4.74 Å². The standard InChI is InChI=1S/C9H7BrN2O2/c1-14-9(13)8-3-7-2-6(10)4-12(7)5-11-8/h2-5H,1H3. The third kappa shape index (κ3) is 1.50. The first kappa shape index (κ1) is 9.21. The minimum absolute atomic E-state index is 0.311. The maximum atomic E-state index is 11.2. The minimum atomic E-state index is -0.426. The zero-order chi connectivity index (χ0) is 10.1. The summed E-state index contributed by atoms with van der Waals surface area (Å²) in [5.41, 5.74) is 1.21. The monoisotopic (exact) mass is 254 g/mol. The summed E-state index contributed by atoms with van der Waals surface area (Å²) in [5.74, 6) is -0.426. The summed E-state index contributed by atoms with van der Waals surface area (Å²) >= 11 is 3.34. The highest BCUT2D eigenvalue weighted by Crippen LogP contribution is 2.15. The molecule has 0 saturated heterocycles. The average Bonchev–Trinajstić information content (AvgIpc) is 2.55. The Bertz CT molecular complexity index is 493. The van der Waals surface area contributed by atoms with Crippen LogP contribution in [0.4, 0.5) is 0 Å². The predicted molar refractivity (Wildman–Crippen MR) is 54.2 cm³/mol. The number of ether oxygens (including phenoxy) is 1. The first-order valence-electron chi connectivity index (χ1n) is 3.92. The molecule has 0 N–H and O–H groups in total. The molecular formula is C9H7BrN2O2. The number of rotatable bonds is 1. The van der Waals surface area contributed by atoms with Gasteiger partial charge in [-0.2, -0.15) is 0 Å². The molecule has 0 atom stereocenters. The normalized spacial score (nSPS) is 10.4. The van der Waals surface area contributed by atoms with Gasteiger partial charge in [0.2, 0.25) is 0 Å². The second kappa shape index (κ2) is 3.42. The van der Waals surface area contributed by atoms with Gasteiger partial charge in [0.25, 0.3) is 0 Å². The van der Waals surface area contributed by atoms with Crippen LogP contribution in [0.3, 0.4) is 0 Å². The lowest BCUT2D eigenvalue weighted by molar-refractivity contribution is 0.0594. The molecule has 0 fully saturated rings. The number of methoxy groups -OCH3 is 1. The molecule has 0 aliphatic heterocycles. The van der Waals surface area contributed by atoms with Crippen LogP contribution >= 0.6 is 15.9 Å². The molecule has 0 saturated carbocycles. The summed E-state index contributed by atoms with van der Waals surface area (Å²) in [7, 11) is 1.34. The van der Waals surface area contributed by atoms with Crippen molar-refractivity contribution in [3.05, 3.63) is 34.8 Å². The van der Waals surface area contributed by atoms with Gasteiger partial charge in [-0.3, -0.25) is 0 Å². The lowest BCUT2D eigenvalue weighted by Crippen LogP contribution is -2.04. The summed E-state index contributed by atoms with van der Waals surface area (Å²) in [4.78, 5) is 15.1. The first-order valence-corrected chi connectivity index (χ1v) is 4.71. The Morgan fingerprint density at radius 2 is 2.36 bits per heavy atom. The minimum Gasteiger partial charge on any atom is -0.464 e. The smallest absolute Gasteiger partial charge is 0.356 e. The van der Waals surface area contributed by atoms with Crippen LogP contribution in [0.25, 0.3) is 5.52 Å². The van der Waals surface area contributed by atoms with Crippen molar-refractivity contribution >= 4 is 27.4 Å². The van der Waals surface area contributed by atoms with Crippen molar-refractivity contribution in [3.63, 3.8) is 0 Å². The average molecular weight is 255 g/mol. The Morgan fingerprint density at radius 1 is 1.57 bits per heavy atom. The molecule has 2 aromatic heterocycles. The second-order valence-corrected chi connectivity index (χ2v) is 3.67. The lowest BCUT2D eigenvalue weighted by Gasteiger charge is -1.98. The molecule has 0 radical (unpaired) electrons. The number of carbonyl (C=O) groups is 1. The molecule has 0 spiro atoms. The molecule has 2 aromatic rings. The Balaban J connectivity index is 2.55. The van der Waals surface area contributed by atoms with Gasteiger partial charge in [-0.05, 0) is 28.1 Å². The van der Waals surface area contributed by atoms with Crippen LogP contribution < -0.4 is 0 Å². The third-order valence-corrected chi connectivity index (χ3v) is 2.28. The first-order chi connectivity index (χ1) is 6.70. The lowest BCUT2D eigenvalue weighted by atomic mass is 10.3. The van der Waals surface area contributed by atoms with Crippen LogP contribution in [0.1, 0.15) is 10.5 Å². The number of halogens is 1. The number of nitrogens with zero attached hydrogens (tertiary/aromatic N) is 2. The van der Waals surface area contributed by atoms with Gasteiger partial charge >= 0.3 is 5.97 Å². The zero-order valence-electron chi connectivity index (χ0n) is 7.40. The van der Waals surface area contributed by atoms with Crippen molar-refractivity contribution in [1.29, 1.82) is 0 Å². The number of hydrogen-bond acceptors (Lipinski definition) is 3. The molecule has 0 aliphatic rings. The number of fused-ring (bicyclic) bond motifs is 1. The highest BCUT2D eigenvalue weighted by atomic mass is 79.9. The van der Waals surface area contributed by atoms with E-state index in [2.05, 4.69) is 25.7 Å². The molecule has 0 bridgehead atoms. The predicted octanol–water partition coefficient (Wildman–Crippen LogP) is 1.88. The fourth-order valence-electron chi connectivity index (χ4n) is 1.19. The Labute approximate surface area is 88.6 Å². The highest BCUT2D eigenvalue weighted by Gasteiger charge is 2.07. The van der Waals surface area contributed by atoms with E-state index in [0.29, 0.717) is 5.69 Å². The zero-order valence-corrected chi connectivity index (χ0v) is 8.98. The molecule has 0 aromatic carbocycles. The van der Waals surface area contributed by atoms with Gasteiger partial charge < -0.3 is 9.14 Å². The summed E-state index contributed by atoms with van der Waals surface area (Å²) in [6.45, 7) is 0. The molecule has 4 nitrogen and oxygen atoms in total. The molecular weight excluding hydrogens is 248 g/mol. The second-order valence-electron chi connectivity index (χ2n) is 2.76. The van der Waals surface area contributed by atoms with Gasteiger partial charge in [-0.15, -0.1) is 0 Å². The SMILES string of the molecule is COC(=O)c1cc2cc(Br)cn2cn1. The fourth-order valence-corrected chi connectivity index (χ4v) is 1.65. The number of aromatic nitrogens is 2. The number of esters is 1. The molecule has 14 heavy (non-hydrogen) atoms. The van der Waals surface area contributed by atoms with E-state index in [9.17, 15) is 4.79 Å². The summed E-state index contributed by atoms with van der Waals surface area (Å²) in [5, 5.41) is 0. The largest absolute Gasteiger partial charge is 0.464 e. The van der Waals surface area contributed by atoms with E-state index in [4.69, 9.17) is 0 Å². The van der Waals surface area contributed by atoms with E-state index in [1.165, 1.54) is 7.11 Å². The van der Waals surface area contributed by atoms with Crippen LogP contribution in [0, 0.1) is 0 Å². The number of carbonyl (C=O) groups excluding carboxylic acids is 1. The summed E-state index contributed by atoms with van der Waals surface area (Å²) in [6.07, 6.45) is 3.44. The molecule has 72 valence electrons. The molecule has 2 rings (SSSR count). The fraction of sp³-hybridized carbons (Fsp3) is 0.111. The van der Waals surface area contributed by atoms with Crippen molar-refractivity contribution in [2.45, 2.75) is 0 Å². The van der Waals surface area contributed by atoms with Gasteiger partial charge in [0.15, 0.2) is 5.69 Å². The van der Waals surface area contributed by atoms with Gasteiger partial charge in [-0.1, -0.05) is 0 Å². The van der Waals surface area contributed by atoms with Crippen LogP contribution in [0.2, 0.25) is 0 Å². The maximum absolute atomic E-state index is 11.2. The van der Waals surface area contributed by atoms with Crippen LogP contribution in [0.15, 0.2) is 29.1 Å². The van der Waals surface area contributed by atoms with E-state index >= 15 is 0 Å². The summed E-state index contributed by atoms with van der Waals surface area (Å²) < 4.78 is 7.33. The van der Waals surface area contributed by atoms with E-state index in [-0.39, 0.29) is 0 Å². The summed E-state index contributed by atoms with van der Waals surface area (Å²) in [6, 6.07) is 3.57. The van der Waals surface area contributed by atoms with Crippen molar-refractivity contribution in [2.75, 3.05) is 7.11 Å². The quantitative estimate of drug-likeness (QED) is 0.731. The Morgan fingerprint density at radius 3 is 3.07 bits per heavy atom. The van der Waals surface area contributed by atoms with Crippen molar-refractivity contribution in [1.82, 2.24) is 9.38 Å². The van der Waals surface area contributed by atoms with E-state index < -0.39 is 5.97 Å². The van der Waals surface area contributed by atoms with Crippen LogP contribution in [-0.4, -0.2) is 22.5 Å². The van der Waals surface area contributed by atoms with E-state index in [1.807, 2.05) is 16.7 Å². The van der Waals surface area contributed by atoms with E-state index in [1.54, 1.807) is 12.4 Å². The van der Waals surface area contributed by atoms with Crippen molar-refractivity contribution in [2.24, 2.45) is 0 Å². The van der Waals surface area contributed by atoms with Crippen LogP contribution in [0.5, 0.6) is 0 Å². The molecule has 0 amide bonds.